The van der Waals surface area contributed by atoms with Crippen molar-refractivity contribution >= 4 is 75.5 Å². The van der Waals surface area contributed by atoms with Crippen LogP contribution in [0.1, 0.15) is 42.9 Å². The second kappa shape index (κ2) is 13.5. The molecule has 11 rings (SSSR count). The lowest BCUT2D eigenvalue weighted by Crippen LogP contribution is -2.19. The molecule has 58 heavy (non-hydrogen) atoms. The Hall–Kier alpha value is -6.68. The number of allylic oxidation sites excluding steroid dienone is 7. The van der Waals surface area contributed by atoms with Gasteiger partial charge >= 0.3 is 0 Å². The van der Waals surface area contributed by atoms with Crippen molar-refractivity contribution in [2.75, 3.05) is 4.90 Å². The van der Waals surface area contributed by atoms with E-state index >= 15 is 0 Å². The Morgan fingerprint density at radius 3 is 2.26 bits per heavy atom. The van der Waals surface area contributed by atoms with Crippen LogP contribution in [-0.4, -0.2) is 0 Å². The summed E-state index contributed by atoms with van der Waals surface area (Å²) < 4.78 is 9.52. The van der Waals surface area contributed by atoms with Gasteiger partial charge in [-0.25, -0.2) is 0 Å². The molecule has 0 amide bonds. The van der Waals surface area contributed by atoms with Crippen LogP contribution in [0.3, 0.4) is 0 Å². The third-order valence-electron chi connectivity index (χ3n) is 12.5. The summed E-state index contributed by atoms with van der Waals surface area (Å²) in [7, 11) is 0. The lowest BCUT2D eigenvalue weighted by atomic mass is 9.81. The van der Waals surface area contributed by atoms with Crippen molar-refractivity contribution in [3.05, 3.63) is 217 Å². The minimum Gasteiger partial charge on any atom is -0.455 e. The molecule has 0 bridgehead atoms. The fraction of sp³-hybridized carbons (Fsp3) is 0.0909. The van der Waals surface area contributed by atoms with E-state index in [2.05, 4.69) is 201 Å². The van der Waals surface area contributed by atoms with Gasteiger partial charge in [0.2, 0.25) is 0 Å². The lowest BCUT2D eigenvalue weighted by Gasteiger charge is -2.29. The van der Waals surface area contributed by atoms with Crippen LogP contribution in [0.5, 0.6) is 0 Å². The molecule has 3 heteroatoms. The molecule has 0 saturated heterocycles. The molecule has 7 aromatic carbocycles. The maximum absolute atomic E-state index is 6.80. The fourth-order valence-electron chi connectivity index (χ4n) is 9.55. The monoisotopic (exact) mass is 763 g/mol. The molecular formula is C55H41NOS. The first kappa shape index (κ1) is 34.6. The Bertz CT molecular complexity index is 3270. The molecule has 0 radical (unpaired) electrons. The quantitative estimate of drug-likeness (QED) is 0.161. The van der Waals surface area contributed by atoms with E-state index in [-0.39, 0.29) is 11.3 Å². The van der Waals surface area contributed by atoms with E-state index in [0.29, 0.717) is 0 Å². The summed E-state index contributed by atoms with van der Waals surface area (Å²) in [6.07, 6.45) is 14.7. The molecule has 2 aromatic heterocycles. The minimum absolute atomic E-state index is 0.184. The van der Waals surface area contributed by atoms with Gasteiger partial charge in [0.15, 0.2) is 0 Å². The molecular weight excluding hydrogens is 723 g/mol. The van der Waals surface area contributed by atoms with Crippen molar-refractivity contribution in [2.45, 2.75) is 31.6 Å². The third kappa shape index (κ3) is 5.38. The number of thiophene rings is 1. The van der Waals surface area contributed by atoms with Crippen LogP contribution in [0.25, 0.3) is 69.6 Å². The number of furan rings is 1. The standard InChI is InChI=1S/C55H41NOS/c1-4-39-41-17-7-10-24-48(41)55(2,3)49(39)31-32-56(38-29-27-35(28-30-38)40-20-13-23-46-43-19-9-12-26-52(43)58-54(40)46)50-25-11-8-18-42(50)44-21-14-22-45-47-33-36-15-5-6-16-37(36)34-51(47)57-53(44)45/h4-27,29-35H,1,28H2,2-3H3/b32-31+. The van der Waals surface area contributed by atoms with E-state index in [1.165, 1.54) is 58.8 Å². The average molecular weight is 764 g/mol. The summed E-state index contributed by atoms with van der Waals surface area (Å²) in [6, 6.07) is 52.6. The predicted molar refractivity (Wildman–Crippen MR) is 249 cm³/mol. The van der Waals surface area contributed by atoms with Gasteiger partial charge in [0.25, 0.3) is 0 Å². The second-order valence-electron chi connectivity index (χ2n) is 16.0. The van der Waals surface area contributed by atoms with E-state index in [0.717, 1.165) is 50.9 Å². The van der Waals surface area contributed by atoms with Crippen LogP contribution in [0, 0.1) is 0 Å². The number of hydrogen-bond donors (Lipinski definition) is 0. The van der Waals surface area contributed by atoms with Crippen molar-refractivity contribution < 1.29 is 4.42 Å². The van der Waals surface area contributed by atoms with Crippen LogP contribution in [0.4, 0.5) is 5.69 Å². The maximum Gasteiger partial charge on any atom is 0.143 e. The molecule has 0 fully saturated rings. The van der Waals surface area contributed by atoms with Crippen molar-refractivity contribution in [1.82, 2.24) is 0 Å². The zero-order valence-electron chi connectivity index (χ0n) is 32.6. The number of benzene rings is 7. The minimum atomic E-state index is -0.184. The molecule has 1 unspecified atom stereocenters. The molecule has 0 spiro atoms. The number of hydrogen-bond acceptors (Lipinski definition) is 3. The summed E-state index contributed by atoms with van der Waals surface area (Å²) >= 11 is 1.91. The Labute approximate surface area is 342 Å². The predicted octanol–water partition coefficient (Wildman–Crippen LogP) is 15.7. The number of anilines is 1. The van der Waals surface area contributed by atoms with E-state index in [9.17, 15) is 0 Å². The second-order valence-corrected chi connectivity index (χ2v) is 17.1. The highest BCUT2D eigenvalue weighted by molar-refractivity contribution is 7.26. The highest BCUT2D eigenvalue weighted by atomic mass is 32.1. The highest BCUT2D eigenvalue weighted by Gasteiger charge is 2.35. The number of rotatable bonds is 7. The summed E-state index contributed by atoms with van der Waals surface area (Å²) in [6.45, 7) is 8.93. The first-order valence-electron chi connectivity index (χ1n) is 20.1. The van der Waals surface area contributed by atoms with Crippen LogP contribution in [-0.2, 0) is 5.41 Å². The normalized spacial score (nSPS) is 16.3. The van der Waals surface area contributed by atoms with E-state index in [4.69, 9.17) is 4.42 Å². The van der Waals surface area contributed by atoms with Gasteiger partial charge in [0.05, 0.1) is 5.69 Å². The molecule has 278 valence electrons. The summed E-state index contributed by atoms with van der Waals surface area (Å²) in [4.78, 5) is 2.38. The van der Waals surface area contributed by atoms with Gasteiger partial charge in [-0.1, -0.05) is 160 Å². The van der Waals surface area contributed by atoms with Gasteiger partial charge in [-0.2, -0.15) is 0 Å². The van der Waals surface area contributed by atoms with Gasteiger partial charge in [-0.15, -0.1) is 11.3 Å². The first-order valence-corrected chi connectivity index (χ1v) is 21.0. The summed E-state index contributed by atoms with van der Waals surface area (Å²) in [5, 5.41) is 7.33. The number of nitrogens with zero attached hydrogens (tertiary/aromatic N) is 1. The van der Waals surface area contributed by atoms with Crippen molar-refractivity contribution in [2.24, 2.45) is 0 Å². The molecule has 0 saturated carbocycles. The van der Waals surface area contributed by atoms with Gasteiger partial charge in [-0.05, 0) is 81.4 Å². The topological polar surface area (TPSA) is 16.4 Å². The molecule has 0 aliphatic heterocycles. The van der Waals surface area contributed by atoms with Gasteiger partial charge in [-0.3, -0.25) is 0 Å². The van der Waals surface area contributed by atoms with Gasteiger partial charge in [0.1, 0.15) is 11.2 Å². The number of fused-ring (bicyclic) bond motifs is 8. The summed E-state index contributed by atoms with van der Waals surface area (Å²) in [5.74, 6) is 0.278. The Morgan fingerprint density at radius 1 is 0.707 bits per heavy atom. The molecule has 9 aromatic rings. The molecule has 0 N–H and O–H groups in total. The fourth-order valence-corrected chi connectivity index (χ4v) is 10.8. The van der Waals surface area contributed by atoms with E-state index < -0.39 is 0 Å². The maximum atomic E-state index is 6.80. The lowest BCUT2D eigenvalue weighted by molar-refractivity contribution is 0.654. The zero-order chi connectivity index (χ0) is 39.0. The molecule has 2 aliphatic carbocycles. The third-order valence-corrected chi connectivity index (χ3v) is 13.7. The Kier molecular flexibility index (Phi) is 8.03. The van der Waals surface area contributed by atoms with Crippen molar-refractivity contribution in [3.8, 4) is 11.1 Å². The number of para-hydroxylation sites is 2. The van der Waals surface area contributed by atoms with Crippen LogP contribution < -0.4 is 4.90 Å². The summed E-state index contributed by atoms with van der Waals surface area (Å²) in [5.41, 5.74) is 12.5. The molecule has 2 aliphatic rings. The van der Waals surface area contributed by atoms with Crippen LogP contribution in [0.15, 0.2) is 204 Å². The largest absolute Gasteiger partial charge is 0.455 e. The highest BCUT2D eigenvalue weighted by Crippen LogP contribution is 2.48. The Balaban J connectivity index is 1.05. The van der Waals surface area contributed by atoms with E-state index in [1.54, 1.807) is 0 Å². The van der Waals surface area contributed by atoms with Crippen LogP contribution in [0.2, 0.25) is 0 Å². The van der Waals surface area contributed by atoms with Crippen LogP contribution >= 0.6 is 11.3 Å². The molecule has 2 nitrogen and oxygen atoms in total. The van der Waals surface area contributed by atoms with Gasteiger partial charge < -0.3 is 9.32 Å². The van der Waals surface area contributed by atoms with Gasteiger partial charge in [0, 0.05) is 65.3 Å². The van der Waals surface area contributed by atoms with E-state index in [1.807, 2.05) is 17.4 Å². The Morgan fingerprint density at radius 2 is 1.41 bits per heavy atom. The van der Waals surface area contributed by atoms with Crippen molar-refractivity contribution in [3.63, 3.8) is 0 Å². The SMILES string of the molecule is C=CC1=C(/C=C/N(C2=CCC(c3cccc4c3sc3ccccc34)C=C2)c2ccccc2-c2cccc3c2oc2cc4ccccc4cc23)C(C)(C)c2ccccc21. The first-order chi connectivity index (χ1) is 28.5. The molecule has 1 atom stereocenters. The smallest absolute Gasteiger partial charge is 0.143 e. The zero-order valence-corrected chi connectivity index (χ0v) is 33.4. The van der Waals surface area contributed by atoms with Crippen molar-refractivity contribution in [1.29, 1.82) is 0 Å². The average Bonchev–Trinajstić information content (AvgIpc) is 3.90. The molecule has 2 heterocycles.